The van der Waals surface area contributed by atoms with Gasteiger partial charge in [-0.25, -0.2) is 0 Å². The maximum Gasteiger partial charge on any atom is 0.206 e. The summed E-state index contributed by atoms with van der Waals surface area (Å²) in [6, 6.07) is 0. The average Bonchev–Trinajstić information content (AvgIpc) is 1.82. The van der Waals surface area contributed by atoms with E-state index in [-0.39, 0.29) is 6.10 Å². The highest BCUT2D eigenvalue weighted by Crippen LogP contribution is 2.09. The molecule has 0 amide bonds. The predicted octanol–water partition coefficient (Wildman–Crippen LogP) is 2.61. The van der Waals surface area contributed by atoms with Gasteiger partial charge in [0.25, 0.3) is 0 Å². The zero-order chi connectivity index (χ0) is 7.28. The molecular formula is C4H6Cl4O. The Bertz CT molecular complexity index is 63.6. The van der Waals surface area contributed by atoms with Crippen LogP contribution in [0, 0.1) is 0 Å². The minimum absolute atomic E-state index is 0.256. The number of halogens is 4. The van der Waals surface area contributed by atoms with Crippen molar-refractivity contribution in [1.82, 2.24) is 0 Å². The molecule has 0 aliphatic carbocycles. The summed E-state index contributed by atoms with van der Waals surface area (Å²) in [6.45, 7) is 0. The largest absolute Gasteiger partial charge is 0.343 e. The van der Waals surface area contributed by atoms with Crippen molar-refractivity contribution in [1.29, 1.82) is 0 Å². The smallest absolute Gasteiger partial charge is 0.206 e. The van der Waals surface area contributed by atoms with Crippen LogP contribution >= 0.6 is 46.4 Å². The molecule has 0 heterocycles. The Morgan fingerprint density at radius 3 is 1.67 bits per heavy atom. The Labute approximate surface area is 74.2 Å². The fourth-order valence-electron chi connectivity index (χ4n) is 0.259. The minimum Gasteiger partial charge on any atom is -0.343 e. The third-order valence-electron chi connectivity index (χ3n) is 0.640. The first-order valence-electron chi connectivity index (χ1n) is 2.26. The Morgan fingerprint density at radius 2 is 1.56 bits per heavy atom. The summed E-state index contributed by atoms with van der Waals surface area (Å²) in [5, 5.41) is -0.840. The van der Waals surface area contributed by atoms with Crippen LogP contribution in [0.25, 0.3) is 0 Å². The van der Waals surface area contributed by atoms with Crippen LogP contribution in [-0.4, -0.2) is 22.9 Å². The second-order valence-electron chi connectivity index (χ2n) is 1.33. The van der Waals surface area contributed by atoms with Crippen LogP contribution in [0.1, 0.15) is 0 Å². The molecule has 0 atom stereocenters. The van der Waals surface area contributed by atoms with E-state index in [1.54, 1.807) is 0 Å². The highest BCUT2D eigenvalue weighted by atomic mass is 35.5. The van der Waals surface area contributed by atoms with Gasteiger partial charge in [0.2, 0.25) is 5.02 Å². The number of hydrogen-bond donors (Lipinski definition) is 0. The lowest BCUT2D eigenvalue weighted by Gasteiger charge is -2.11. The van der Waals surface area contributed by atoms with Gasteiger partial charge in [0.15, 0.2) is 0 Å². The van der Waals surface area contributed by atoms with Crippen molar-refractivity contribution in [2.45, 2.75) is 11.1 Å². The number of ether oxygens (including phenoxy) is 1. The topological polar surface area (TPSA) is 9.23 Å². The van der Waals surface area contributed by atoms with Gasteiger partial charge in [0, 0.05) is 11.8 Å². The van der Waals surface area contributed by atoms with E-state index in [0.29, 0.717) is 11.8 Å². The average molecular weight is 212 g/mol. The molecule has 0 aliphatic rings. The lowest BCUT2D eigenvalue weighted by atomic mass is 10.5. The summed E-state index contributed by atoms with van der Waals surface area (Å²) >= 11 is 21.3. The molecule has 0 N–H and O–H groups in total. The summed E-state index contributed by atoms with van der Waals surface area (Å²) in [4.78, 5) is 0. The molecule has 0 rings (SSSR count). The Kier molecular flexibility index (Phi) is 6.60. The zero-order valence-electron chi connectivity index (χ0n) is 4.49. The van der Waals surface area contributed by atoms with Crippen LogP contribution in [0.5, 0.6) is 0 Å². The van der Waals surface area contributed by atoms with Crippen LogP contribution in [0.4, 0.5) is 0 Å². The van der Waals surface area contributed by atoms with Gasteiger partial charge in [-0.2, -0.15) is 0 Å². The second kappa shape index (κ2) is 5.87. The summed E-state index contributed by atoms with van der Waals surface area (Å²) < 4.78 is 4.82. The SMILES string of the molecule is ClCC(CCl)OC(Cl)Cl. The second-order valence-corrected chi connectivity index (χ2v) is 2.96. The van der Waals surface area contributed by atoms with Gasteiger partial charge in [0.05, 0.1) is 6.10 Å². The van der Waals surface area contributed by atoms with Gasteiger partial charge in [-0.05, 0) is 0 Å². The molecule has 0 spiro atoms. The quantitative estimate of drug-likeness (QED) is 0.650. The summed E-state index contributed by atoms with van der Waals surface area (Å²) in [5.41, 5.74) is 0. The standard InChI is InChI=1S/C4H6Cl4O/c5-1-3(2-6)9-4(7)8/h3-4H,1-2H2. The molecule has 1 nitrogen and oxygen atoms in total. The Balaban J connectivity index is 3.31. The van der Waals surface area contributed by atoms with Crippen LogP contribution < -0.4 is 0 Å². The molecule has 0 fully saturated rings. The number of hydrogen-bond acceptors (Lipinski definition) is 1. The molecule has 5 heteroatoms. The maximum atomic E-state index is 5.39. The molecule has 0 radical (unpaired) electrons. The van der Waals surface area contributed by atoms with Crippen molar-refractivity contribution in [2.75, 3.05) is 11.8 Å². The molecule has 9 heavy (non-hydrogen) atoms. The minimum atomic E-state index is -0.840. The van der Waals surface area contributed by atoms with Crippen molar-refractivity contribution in [3.8, 4) is 0 Å². The Hall–Kier alpha value is 1.12. The molecule has 0 aromatic rings. The van der Waals surface area contributed by atoms with Gasteiger partial charge in [-0.3, -0.25) is 0 Å². The van der Waals surface area contributed by atoms with Crippen molar-refractivity contribution >= 4 is 46.4 Å². The molecule has 0 aromatic heterocycles. The molecule has 0 unspecified atom stereocenters. The first-order chi connectivity index (χ1) is 4.20. The van der Waals surface area contributed by atoms with E-state index in [1.807, 2.05) is 0 Å². The first kappa shape index (κ1) is 10.1. The maximum absolute atomic E-state index is 5.39. The molecule has 0 aliphatic heterocycles. The summed E-state index contributed by atoms with van der Waals surface area (Å²) in [6.07, 6.45) is -0.256. The van der Waals surface area contributed by atoms with Crippen molar-refractivity contribution in [3.05, 3.63) is 0 Å². The van der Waals surface area contributed by atoms with E-state index in [2.05, 4.69) is 0 Å². The van der Waals surface area contributed by atoms with Gasteiger partial charge in [-0.1, -0.05) is 23.2 Å². The zero-order valence-corrected chi connectivity index (χ0v) is 7.51. The van der Waals surface area contributed by atoms with E-state index >= 15 is 0 Å². The molecule has 0 saturated carbocycles. The lowest BCUT2D eigenvalue weighted by Crippen LogP contribution is -2.18. The summed E-state index contributed by atoms with van der Waals surface area (Å²) in [5.74, 6) is 0.610. The van der Waals surface area contributed by atoms with E-state index in [1.165, 1.54) is 0 Å². The van der Waals surface area contributed by atoms with Crippen LogP contribution in [0.15, 0.2) is 0 Å². The third-order valence-corrected chi connectivity index (χ3v) is 1.53. The fraction of sp³-hybridized carbons (Fsp3) is 1.00. The van der Waals surface area contributed by atoms with Gasteiger partial charge < -0.3 is 4.74 Å². The van der Waals surface area contributed by atoms with Crippen molar-refractivity contribution in [2.24, 2.45) is 0 Å². The van der Waals surface area contributed by atoms with Crippen molar-refractivity contribution < 1.29 is 4.74 Å². The van der Waals surface area contributed by atoms with Crippen molar-refractivity contribution in [3.63, 3.8) is 0 Å². The third kappa shape index (κ3) is 5.56. The van der Waals surface area contributed by atoms with E-state index in [4.69, 9.17) is 51.1 Å². The Morgan fingerprint density at radius 1 is 1.11 bits per heavy atom. The van der Waals surface area contributed by atoms with Crippen LogP contribution in [-0.2, 0) is 4.74 Å². The van der Waals surface area contributed by atoms with Crippen LogP contribution in [0.2, 0.25) is 0 Å². The lowest BCUT2D eigenvalue weighted by molar-refractivity contribution is 0.100. The van der Waals surface area contributed by atoms with E-state index in [0.717, 1.165) is 0 Å². The highest BCUT2D eigenvalue weighted by molar-refractivity contribution is 6.43. The predicted molar refractivity (Wildman–Crippen MR) is 41.8 cm³/mol. The van der Waals surface area contributed by atoms with Gasteiger partial charge >= 0.3 is 0 Å². The molecule has 56 valence electrons. The number of alkyl halides is 4. The van der Waals surface area contributed by atoms with Gasteiger partial charge in [0.1, 0.15) is 0 Å². The van der Waals surface area contributed by atoms with E-state index in [9.17, 15) is 0 Å². The molecular weight excluding hydrogens is 206 g/mol. The monoisotopic (exact) mass is 210 g/mol. The highest BCUT2D eigenvalue weighted by Gasteiger charge is 2.09. The molecule has 0 saturated heterocycles. The van der Waals surface area contributed by atoms with E-state index < -0.39 is 5.02 Å². The molecule has 0 bridgehead atoms. The summed E-state index contributed by atoms with van der Waals surface area (Å²) in [7, 11) is 0. The van der Waals surface area contributed by atoms with Gasteiger partial charge in [-0.15, -0.1) is 23.2 Å². The van der Waals surface area contributed by atoms with Crippen LogP contribution in [0.3, 0.4) is 0 Å². The normalized spacial score (nSPS) is 11.3. The number of rotatable bonds is 4. The fourth-order valence-corrected chi connectivity index (χ4v) is 1.03. The first-order valence-corrected chi connectivity index (χ1v) is 4.20. The molecule has 0 aromatic carbocycles.